The first-order valence-corrected chi connectivity index (χ1v) is 8.35. The van der Waals surface area contributed by atoms with Crippen LogP contribution < -0.4 is 10.2 Å². The van der Waals surface area contributed by atoms with Crippen molar-refractivity contribution in [2.24, 2.45) is 0 Å². The van der Waals surface area contributed by atoms with Crippen LogP contribution in [0.25, 0.3) is 0 Å². The van der Waals surface area contributed by atoms with Gasteiger partial charge in [0.25, 0.3) is 0 Å². The van der Waals surface area contributed by atoms with Gasteiger partial charge in [-0.15, -0.1) is 0 Å². The van der Waals surface area contributed by atoms with Gasteiger partial charge in [-0.3, -0.25) is 0 Å². The van der Waals surface area contributed by atoms with Crippen LogP contribution in [0.1, 0.15) is 16.7 Å². The molecule has 0 aliphatic carbocycles. The Bertz CT molecular complexity index is 855. The summed E-state index contributed by atoms with van der Waals surface area (Å²) in [6.45, 7) is 2.23. The summed E-state index contributed by atoms with van der Waals surface area (Å²) in [7, 11) is 0. The Morgan fingerprint density at radius 3 is 2.48 bits per heavy atom. The van der Waals surface area contributed by atoms with E-state index in [9.17, 15) is 17.6 Å². The molecular formula is C19H17F4N3O. The van der Waals surface area contributed by atoms with E-state index in [1.54, 1.807) is 12.1 Å². The lowest BCUT2D eigenvalue weighted by Crippen LogP contribution is -2.36. The van der Waals surface area contributed by atoms with E-state index >= 15 is 0 Å². The second-order valence-corrected chi connectivity index (χ2v) is 6.11. The van der Waals surface area contributed by atoms with Gasteiger partial charge < -0.3 is 15.0 Å². The first-order chi connectivity index (χ1) is 12.9. The van der Waals surface area contributed by atoms with E-state index in [0.717, 1.165) is 18.2 Å². The van der Waals surface area contributed by atoms with Crippen LogP contribution in [0.15, 0.2) is 36.4 Å². The predicted octanol–water partition coefficient (Wildman–Crippen LogP) is 4.16. The highest BCUT2D eigenvalue weighted by Gasteiger charge is 2.33. The average molecular weight is 379 g/mol. The number of rotatable bonds is 4. The number of benzene rings is 2. The van der Waals surface area contributed by atoms with Crippen LogP contribution >= 0.6 is 0 Å². The van der Waals surface area contributed by atoms with Crippen molar-refractivity contribution < 1.29 is 22.3 Å². The minimum absolute atomic E-state index is 0.00171. The fraction of sp³-hybridized carbons (Fsp3) is 0.316. The van der Waals surface area contributed by atoms with Crippen molar-refractivity contribution in [1.82, 2.24) is 0 Å². The number of nitrogens with one attached hydrogen (secondary N) is 1. The molecule has 142 valence electrons. The van der Waals surface area contributed by atoms with Crippen molar-refractivity contribution in [3.63, 3.8) is 0 Å². The fourth-order valence-corrected chi connectivity index (χ4v) is 2.93. The van der Waals surface area contributed by atoms with Crippen molar-refractivity contribution >= 4 is 11.4 Å². The zero-order chi connectivity index (χ0) is 19.4. The van der Waals surface area contributed by atoms with Crippen LogP contribution in [0.5, 0.6) is 0 Å². The summed E-state index contributed by atoms with van der Waals surface area (Å²) in [6.07, 6.45) is -4.55. The molecule has 1 heterocycles. The number of hydrogen-bond acceptors (Lipinski definition) is 4. The third kappa shape index (κ3) is 4.49. The molecule has 0 bridgehead atoms. The number of morpholine rings is 1. The van der Waals surface area contributed by atoms with E-state index < -0.39 is 17.6 Å². The van der Waals surface area contributed by atoms with E-state index in [1.807, 2.05) is 11.0 Å². The summed E-state index contributed by atoms with van der Waals surface area (Å²) >= 11 is 0. The van der Waals surface area contributed by atoms with Gasteiger partial charge in [0, 0.05) is 25.3 Å². The first kappa shape index (κ1) is 19.0. The monoisotopic (exact) mass is 379 g/mol. The van der Waals surface area contributed by atoms with Crippen molar-refractivity contribution in [3.8, 4) is 6.07 Å². The van der Waals surface area contributed by atoms with Gasteiger partial charge in [-0.05, 0) is 35.9 Å². The number of ether oxygens (including phenoxy) is 1. The quantitative estimate of drug-likeness (QED) is 0.811. The third-order valence-electron chi connectivity index (χ3n) is 4.30. The number of alkyl halides is 3. The molecule has 3 rings (SSSR count). The van der Waals surface area contributed by atoms with Gasteiger partial charge in [0.15, 0.2) is 0 Å². The lowest BCUT2D eigenvalue weighted by molar-refractivity contribution is -0.137. The second-order valence-electron chi connectivity index (χ2n) is 6.11. The minimum atomic E-state index is -4.55. The summed E-state index contributed by atoms with van der Waals surface area (Å²) in [5.74, 6) is -0.432. The van der Waals surface area contributed by atoms with E-state index in [2.05, 4.69) is 5.32 Å². The highest BCUT2D eigenvalue weighted by molar-refractivity contribution is 5.57. The van der Waals surface area contributed by atoms with Crippen molar-refractivity contribution in [1.29, 1.82) is 5.26 Å². The van der Waals surface area contributed by atoms with Gasteiger partial charge in [0.05, 0.1) is 36.1 Å². The summed E-state index contributed by atoms with van der Waals surface area (Å²) in [4.78, 5) is 1.87. The molecule has 1 saturated heterocycles. The van der Waals surface area contributed by atoms with E-state index in [0.29, 0.717) is 37.6 Å². The molecule has 0 atom stereocenters. The topological polar surface area (TPSA) is 48.3 Å². The molecule has 1 aliphatic heterocycles. The number of halogens is 4. The molecule has 2 aromatic carbocycles. The Morgan fingerprint density at radius 1 is 1.11 bits per heavy atom. The van der Waals surface area contributed by atoms with E-state index in [-0.39, 0.29) is 17.8 Å². The molecule has 0 amide bonds. The second kappa shape index (κ2) is 7.84. The first-order valence-electron chi connectivity index (χ1n) is 8.35. The van der Waals surface area contributed by atoms with Gasteiger partial charge in [-0.1, -0.05) is 6.07 Å². The van der Waals surface area contributed by atoms with Gasteiger partial charge in [0.2, 0.25) is 0 Å². The predicted molar refractivity (Wildman–Crippen MR) is 92.9 cm³/mol. The molecule has 0 unspecified atom stereocenters. The van der Waals surface area contributed by atoms with Crippen molar-refractivity contribution in [2.75, 3.05) is 36.5 Å². The Morgan fingerprint density at radius 2 is 1.85 bits per heavy atom. The van der Waals surface area contributed by atoms with Crippen molar-refractivity contribution in [2.45, 2.75) is 12.7 Å². The Balaban J connectivity index is 1.77. The molecule has 1 N–H and O–H groups in total. The molecule has 27 heavy (non-hydrogen) atoms. The highest BCUT2D eigenvalue weighted by Crippen LogP contribution is 2.35. The standard InChI is InChI=1S/C19H17F4N3O/c20-16-9-14(2-4-18(16)26-5-7-27-8-6-26)12-25-17-10-13(11-24)1-3-15(17)19(21,22)23/h1-4,9-10,25H,5-8,12H2. The number of anilines is 2. The molecule has 1 fully saturated rings. The molecule has 0 aromatic heterocycles. The molecule has 0 radical (unpaired) electrons. The lowest BCUT2D eigenvalue weighted by atomic mass is 10.1. The normalized spacial score (nSPS) is 14.7. The van der Waals surface area contributed by atoms with Crippen LogP contribution in [0.4, 0.5) is 28.9 Å². The lowest BCUT2D eigenvalue weighted by Gasteiger charge is -2.29. The molecule has 0 saturated carbocycles. The van der Waals surface area contributed by atoms with Crippen LogP contribution in [0.3, 0.4) is 0 Å². The smallest absolute Gasteiger partial charge is 0.380 e. The maximum atomic E-state index is 14.4. The molecule has 0 spiro atoms. The molecule has 8 heteroatoms. The Kier molecular flexibility index (Phi) is 5.51. The van der Waals surface area contributed by atoms with Gasteiger partial charge in [0.1, 0.15) is 5.82 Å². The number of nitrogens with zero attached hydrogens (tertiary/aromatic N) is 2. The van der Waals surface area contributed by atoms with E-state index in [1.165, 1.54) is 6.07 Å². The van der Waals surface area contributed by atoms with Crippen molar-refractivity contribution in [3.05, 3.63) is 58.9 Å². The summed E-state index contributed by atoms with van der Waals surface area (Å²) in [6, 6.07) is 9.53. The summed E-state index contributed by atoms with van der Waals surface area (Å²) < 4.78 is 59.1. The van der Waals surface area contributed by atoms with Crippen LogP contribution in [0, 0.1) is 17.1 Å². The maximum absolute atomic E-state index is 14.4. The Labute approximate surface area is 154 Å². The van der Waals surface area contributed by atoms with Crippen LogP contribution in [0.2, 0.25) is 0 Å². The van der Waals surface area contributed by atoms with Gasteiger partial charge in [-0.25, -0.2) is 4.39 Å². The number of nitriles is 1. The SMILES string of the molecule is N#Cc1ccc(C(F)(F)F)c(NCc2ccc(N3CCOCC3)c(F)c2)c1. The average Bonchev–Trinajstić information content (AvgIpc) is 2.66. The molecule has 1 aliphatic rings. The summed E-state index contributed by atoms with van der Waals surface area (Å²) in [5.41, 5.74) is -0.0185. The summed E-state index contributed by atoms with van der Waals surface area (Å²) in [5, 5.41) is 11.6. The zero-order valence-electron chi connectivity index (χ0n) is 14.3. The molecule has 2 aromatic rings. The maximum Gasteiger partial charge on any atom is 0.418 e. The number of hydrogen-bond donors (Lipinski definition) is 1. The highest BCUT2D eigenvalue weighted by atomic mass is 19.4. The van der Waals surface area contributed by atoms with Crippen LogP contribution in [-0.4, -0.2) is 26.3 Å². The largest absolute Gasteiger partial charge is 0.418 e. The minimum Gasteiger partial charge on any atom is -0.380 e. The Hall–Kier alpha value is -2.79. The van der Waals surface area contributed by atoms with E-state index in [4.69, 9.17) is 10.00 Å². The van der Waals surface area contributed by atoms with Crippen LogP contribution in [-0.2, 0) is 17.5 Å². The van der Waals surface area contributed by atoms with Gasteiger partial charge >= 0.3 is 6.18 Å². The fourth-order valence-electron chi connectivity index (χ4n) is 2.93. The third-order valence-corrected chi connectivity index (χ3v) is 4.30. The molecular weight excluding hydrogens is 362 g/mol. The zero-order valence-corrected chi connectivity index (χ0v) is 14.3. The molecule has 4 nitrogen and oxygen atoms in total. The van der Waals surface area contributed by atoms with Gasteiger partial charge in [-0.2, -0.15) is 18.4 Å².